The number of piperazine rings is 1. The van der Waals surface area contributed by atoms with Gasteiger partial charge < -0.3 is 10.2 Å². The SMILES string of the molecule is O=C1NCCN(C(=O)Cc2ccc(Cl)cc2)C1c1ccc(F)cc1. The first-order valence-corrected chi connectivity index (χ1v) is 7.99. The van der Waals surface area contributed by atoms with E-state index in [2.05, 4.69) is 5.32 Å². The zero-order chi connectivity index (χ0) is 17.1. The molecular formula is C18H16ClFN2O2. The molecule has 0 spiro atoms. The maximum absolute atomic E-state index is 13.1. The van der Waals surface area contributed by atoms with Crippen molar-refractivity contribution in [3.63, 3.8) is 0 Å². The van der Waals surface area contributed by atoms with Crippen molar-refractivity contribution < 1.29 is 14.0 Å². The first-order chi connectivity index (χ1) is 11.5. The number of nitrogens with zero attached hydrogens (tertiary/aromatic N) is 1. The number of amides is 2. The van der Waals surface area contributed by atoms with Crippen molar-refractivity contribution in [2.24, 2.45) is 0 Å². The molecule has 1 fully saturated rings. The molecule has 24 heavy (non-hydrogen) atoms. The van der Waals surface area contributed by atoms with E-state index in [1.54, 1.807) is 29.2 Å². The van der Waals surface area contributed by atoms with Crippen LogP contribution in [0, 0.1) is 5.82 Å². The molecule has 2 aromatic rings. The Morgan fingerprint density at radius 2 is 1.83 bits per heavy atom. The van der Waals surface area contributed by atoms with E-state index in [9.17, 15) is 14.0 Å². The van der Waals surface area contributed by atoms with E-state index in [4.69, 9.17) is 11.6 Å². The number of hydrogen-bond acceptors (Lipinski definition) is 2. The summed E-state index contributed by atoms with van der Waals surface area (Å²) in [5.41, 5.74) is 1.42. The fraction of sp³-hybridized carbons (Fsp3) is 0.222. The van der Waals surface area contributed by atoms with Crippen molar-refractivity contribution in [1.82, 2.24) is 10.2 Å². The maximum atomic E-state index is 13.1. The summed E-state index contributed by atoms with van der Waals surface area (Å²) in [6, 6.07) is 11.9. The number of benzene rings is 2. The minimum Gasteiger partial charge on any atom is -0.352 e. The number of carbonyl (C=O) groups excluding carboxylic acids is 2. The highest BCUT2D eigenvalue weighted by Crippen LogP contribution is 2.24. The third-order valence-electron chi connectivity index (χ3n) is 3.99. The lowest BCUT2D eigenvalue weighted by molar-refractivity contribution is -0.143. The van der Waals surface area contributed by atoms with Crippen LogP contribution in [0.25, 0.3) is 0 Å². The first kappa shape index (κ1) is 16.5. The molecule has 1 saturated heterocycles. The van der Waals surface area contributed by atoms with Crippen LogP contribution in [0.5, 0.6) is 0 Å². The molecule has 0 aromatic heterocycles. The maximum Gasteiger partial charge on any atom is 0.247 e. The smallest absolute Gasteiger partial charge is 0.247 e. The zero-order valence-corrected chi connectivity index (χ0v) is 13.6. The number of rotatable bonds is 3. The van der Waals surface area contributed by atoms with E-state index in [0.717, 1.165) is 5.56 Å². The van der Waals surface area contributed by atoms with Crippen LogP contribution in [0.15, 0.2) is 48.5 Å². The summed E-state index contributed by atoms with van der Waals surface area (Å²) in [5, 5.41) is 3.36. The quantitative estimate of drug-likeness (QED) is 0.929. The summed E-state index contributed by atoms with van der Waals surface area (Å²) in [4.78, 5) is 26.5. The van der Waals surface area contributed by atoms with E-state index in [0.29, 0.717) is 23.7 Å². The summed E-state index contributed by atoms with van der Waals surface area (Å²) in [6.07, 6.45) is 0.183. The predicted molar refractivity (Wildman–Crippen MR) is 89.0 cm³/mol. The fourth-order valence-corrected chi connectivity index (χ4v) is 2.92. The highest BCUT2D eigenvalue weighted by molar-refractivity contribution is 6.30. The van der Waals surface area contributed by atoms with Gasteiger partial charge in [-0.2, -0.15) is 0 Å². The van der Waals surface area contributed by atoms with Crippen LogP contribution in [-0.2, 0) is 16.0 Å². The largest absolute Gasteiger partial charge is 0.352 e. The summed E-state index contributed by atoms with van der Waals surface area (Å²) in [7, 11) is 0. The van der Waals surface area contributed by atoms with E-state index in [-0.39, 0.29) is 24.1 Å². The van der Waals surface area contributed by atoms with Crippen molar-refractivity contribution >= 4 is 23.4 Å². The highest BCUT2D eigenvalue weighted by atomic mass is 35.5. The van der Waals surface area contributed by atoms with Crippen LogP contribution in [0.1, 0.15) is 17.2 Å². The summed E-state index contributed by atoms with van der Waals surface area (Å²) < 4.78 is 13.1. The highest BCUT2D eigenvalue weighted by Gasteiger charge is 2.34. The molecule has 1 N–H and O–H groups in total. The van der Waals surface area contributed by atoms with Crippen LogP contribution in [0.2, 0.25) is 5.02 Å². The van der Waals surface area contributed by atoms with Gasteiger partial charge in [0.1, 0.15) is 11.9 Å². The van der Waals surface area contributed by atoms with Gasteiger partial charge in [-0.3, -0.25) is 9.59 Å². The molecule has 1 unspecified atom stereocenters. The molecule has 1 atom stereocenters. The fourth-order valence-electron chi connectivity index (χ4n) is 2.79. The molecule has 0 saturated carbocycles. The molecule has 2 amide bonds. The number of carbonyl (C=O) groups is 2. The molecule has 0 bridgehead atoms. The Morgan fingerprint density at radius 3 is 2.50 bits per heavy atom. The standard InChI is InChI=1S/C18H16ClFN2O2/c19-14-5-1-12(2-6-14)11-16(23)22-10-9-21-18(24)17(22)13-3-7-15(20)8-4-13/h1-8,17H,9-11H2,(H,21,24). The van der Waals surface area contributed by atoms with Crippen molar-refractivity contribution in [3.8, 4) is 0 Å². The normalized spacial score (nSPS) is 17.5. The monoisotopic (exact) mass is 346 g/mol. The van der Waals surface area contributed by atoms with E-state index in [1.807, 2.05) is 0 Å². The van der Waals surface area contributed by atoms with Gasteiger partial charge in [0, 0.05) is 18.1 Å². The second-order valence-electron chi connectivity index (χ2n) is 5.64. The topological polar surface area (TPSA) is 49.4 Å². The minimum absolute atomic E-state index is 0.151. The molecule has 0 aliphatic carbocycles. The Morgan fingerprint density at radius 1 is 1.17 bits per heavy atom. The summed E-state index contributed by atoms with van der Waals surface area (Å²) in [5.74, 6) is -0.784. The molecule has 1 aliphatic rings. The van der Waals surface area contributed by atoms with E-state index >= 15 is 0 Å². The average molecular weight is 347 g/mol. The molecule has 2 aromatic carbocycles. The molecule has 6 heteroatoms. The van der Waals surface area contributed by atoms with Gasteiger partial charge in [-0.25, -0.2) is 4.39 Å². The second-order valence-corrected chi connectivity index (χ2v) is 6.07. The Balaban J connectivity index is 1.82. The average Bonchev–Trinajstić information content (AvgIpc) is 2.58. The van der Waals surface area contributed by atoms with Crippen molar-refractivity contribution in [2.45, 2.75) is 12.5 Å². The van der Waals surface area contributed by atoms with Gasteiger partial charge >= 0.3 is 0 Å². The van der Waals surface area contributed by atoms with Gasteiger partial charge in [0.2, 0.25) is 11.8 Å². The number of halogens is 2. The van der Waals surface area contributed by atoms with Crippen LogP contribution in [0.3, 0.4) is 0 Å². The predicted octanol–water partition coefficient (Wildman–Crippen LogP) is 2.72. The number of hydrogen-bond donors (Lipinski definition) is 1. The van der Waals surface area contributed by atoms with E-state index in [1.165, 1.54) is 24.3 Å². The second kappa shape index (κ2) is 7.01. The summed E-state index contributed by atoms with van der Waals surface area (Å²) >= 11 is 5.85. The molecule has 0 radical (unpaired) electrons. The van der Waals surface area contributed by atoms with Crippen LogP contribution in [-0.4, -0.2) is 29.8 Å². The van der Waals surface area contributed by atoms with Crippen molar-refractivity contribution in [3.05, 3.63) is 70.5 Å². The number of nitrogens with one attached hydrogen (secondary N) is 1. The van der Waals surface area contributed by atoms with Gasteiger partial charge in [0.15, 0.2) is 0 Å². The third kappa shape index (κ3) is 3.57. The van der Waals surface area contributed by atoms with Gasteiger partial charge in [-0.05, 0) is 35.4 Å². The van der Waals surface area contributed by atoms with Gasteiger partial charge in [0.25, 0.3) is 0 Å². The summed E-state index contributed by atoms with van der Waals surface area (Å²) in [6.45, 7) is 0.823. The van der Waals surface area contributed by atoms with Gasteiger partial charge in [-0.15, -0.1) is 0 Å². The lowest BCUT2D eigenvalue weighted by atomic mass is 10.0. The Labute approximate surface area is 144 Å². The van der Waals surface area contributed by atoms with Crippen molar-refractivity contribution in [1.29, 1.82) is 0 Å². The van der Waals surface area contributed by atoms with E-state index < -0.39 is 6.04 Å². The van der Waals surface area contributed by atoms with Gasteiger partial charge in [-0.1, -0.05) is 35.9 Å². The van der Waals surface area contributed by atoms with Crippen LogP contribution >= 0.6 is 11.6 Å². The van der Waals surface area contributed by atoms with Crippen molar-refractivity contribution in [2.75, 3.05) is 13.1 Å². The molecular weight excluding hydrogens is 331 g/mol. The Hall–Kier alpha value is -2.40. The minimum atomic E-state index is -0.737. The molecule has 1 aliphatic heterocycles. The first-order valence-electron chi connectivity index (χ1n) is 7.61. The molecule has 1 heterocycles. The van der Waals surface area contributed by atoms with Crippen LogP contribution < -0.4 is 5.32 Å². The third-order valence-corrected chi connectivity index (χ3v) is 4.24. The van der Waals surface area contributed by atoms with Crippen LogP contribution in [0.4, 0.5) is 4.39 Å². The molecule has 124 valence electrons. The lowest BCUT2D eigenvalue weighted by Gasteiger charge is -2.35. The van der Waals surface area contributed by atoms with Gasteiger partial charge in [0.05, 0.1) is 6.42 Å². The lowest BCUT2D eigenvalue weighted by Crippen LogP contribution is -2.52. The zero-order valence-electron chi connectivity index (χ0n) is 12.8. The molecule has 4 nitrogen and oxygen atoms in total. The Bertz CT molecular complexity index is 747. The molecule has 3 rings (SSSR count). The Kier molecular flexibility index (Phi) is 4.81.